The summed E-state index contributed by atoms with van der Waals surface area (Å²) in [7, 11) is -4.61. The molecule has 0 unspecified atom stereocenters. The Kier molecular flexibility index (Phi) is 4.86. The van der Waals surface area contributed by atoms with E-state index in [0.29, 0.717) is 0 Å². The van der Waals surface area contributed by atoms with Crippen molar-refractivity contribution in [1.29, 1.82) is 0 Å². The first-order valence-electron chi connectivity index (χ1n) is 0.894. The van der Waals surface area contributed by atoms with Crippen LogP contribution in [0.4, 0.5) is 0 Å². The zero-order chi connectivity index (χ0) is 4.50. The first-order chi connectivity index (χ1) is 2.00. The molecule has 6 heteroatoms. The van der Waals surface area contributed by atoms with E-state index in [1.165, 1.54) is 0 Å². The van der Waals surface area contributed by atoms with Gasteiger partial charge in [0.25, 0.3) is 0 Å². The maximum atomic E-state index is 7.33. The van der Waals surface area contributed by atoms with Crippen molar-refractivity contribution in [3.05, 3.63) is 0 Å². The second-order valence-corrected chi connectivity index (χ2v) is 1.80. The minimum Gasteiger partial charge on any atom is -0.368 e. The minimum atomic E-state index is -4.61. The van der Waals surface area contributed by atoms with Gasteiger partial charge in [0.05, 0.1) is 0 Å². The molecule has 0 bridgehead atoms. The van der Waals surface area contributed by atoms with E-state index in [9.17, 15) is 0 Å². The molecule has 0 spiro atoms. The molecule has 0 saturated carbocycles. The van der Waals surface area contributed by atoms with Crippen LogP contribution < -0.4 is 0 Å². The summed E-state index contributed by atoms with van der Waals surface area (Å²) in [4.78, 5) is 29.3. The van der Waals surface area contributed by atoms with Crippen molar-refractivity contribution in [2.24, 2.45) is 0 Å². The van der Waals surface area contributed by atoms with Gasteiger partial charge >= 0.3 is 9.05 Å². The van der Waals surface area contributed by atoms with Crippen molar-refractivity contribution in [2.75, 3.05) is 0 Å². The van der Waals surface area contributed by atoms with Crippen LogP contribution in [0, 0.1) is 0 Å². The normalized spacial score (nSPS) is 10.0. The van der Waals surface area contributed by atoms with E-state index in [-0.39, 0.29) is 23.7 Å². The van der Waals surface area contributed by atoms with Gasteiger partial charge in [0.15, 0.2) is 0 Å². The van der Waals surface area contributed by atoms with Crippen LogP contribution in [0.5, 0.6) is 0 Å². The van der Waals surface area contributed by atoms with Gasteiger partial charge in [-0.25, -0.2) is 0 Å². The molecule has 0 fully saturated rings. The summed E-state index contributed by atoms with van der Waals surface area (Å²) < 4.78 is 0. The van der Waals surface area contributed by atoms with Crippen molar-refractivity contribution >= 4 is 32.7 Å². The number of hydrogen-bond acceptors (Lipinski definition) is 4. The molecule has 0 aliphatic heterocycles. The van der Waals surface area contributed by atoms with Crippen LogP contribution in [0.2, 0.25) is 0 Å². The summed E-state index contributed by atoms with van der Waals surface area (Å²) in [6.07, 6.45) is 0. The molecule has 0 aromatic carbocycles. The van der Waals surface area contributed by atoms with Gasteiger partial charge in [-0.15, -0.1) is 0 Å². The molecule has 0 heterocycles. The Morgan fingerprint density at radius 3 is 0.833 bits per heavy atom. The first kappa shape index (κ1) is 9.96. The Morgan fingerprint density at radius 2 is 0.833 bits per heavy atom. The first-order valence-corrected chi connectivity index (χ1v) is 2.68. The molecule has 2 radical (unpaired) electrons. The molecule has 38 valence electrons. The van der Waals surface area contributed by atoms with E-state index >= 15 is 0 Å². The largest absolute Gasteiger partial charge is 0.668 e. The van der Waals surface area contributed by atoms with Gasteiger partial charge in [-0.05, 0) is 0 Å². The zero-order valence-corrected chi connectivity index (χ0v) is 6.03. The molecule has 6 heavy (non-hydrogen) atoms. The van der Waals surface area contributed by atoms with Gasteiger partial charge in [0.1, 0.15) is 0 Å². The van der Waals surface area contributed by atoms with Crippen molar-refractivity contribution in [1.82, 2.24) is 0 Å². The molecule has 0 aromatic rings. The van der Waals surface area contributed by atoms with Gasteiger partial charge < -0.3 is 19.2 Å². The Labute approximate surface area is 52.3 Å². The van der Waals surface area contributed by atoms with Gasteiger partial charge in [-0.2, -0.15) is 0 Å². The Morgan fingerprint density at radius 1 is 0.833 bits per heavy atom. The Bertz CT molecular complexity index is 23.0. The molecule has 0 rings (SSSR count). The van der Waals surface area contributed by atoms with Crippen LogP contribution in [0.25, 0.3) is 0 Å². The summed E-state index contributed by atoms with van der Waals surface area (Å²) in [6, 6.07) is 0. The van der Waals surface area contributed by atoms with E-state index in [1.807, 2.05) is 0 Å². The zero-order valence-electron chi connectivity index (χ0n) is 2.70. The Balaban J connectivity index is 0. The topological polar surface area (TPSA) is 80.9 Å². The molecular weight excluding hydrogens is 220 g/mol. The smallest absolute Gasteiger partial charge is 0.368 e. The fourth-order valence-electron chi connectivity index (χ4n) is 0. The number of hydrogen-bond donors (Lipinski definition) is 4. The average molecular weight is 224 g/mol. The van der Waals surface area contributed by atoms with Crippen molar-refractivity contribution in [3.63, 3.8) is 0 Å². The van der Waals surface area contributed by atoms with Crippen molar-refractivity contribution in [3.8, 4) is 0 Å². The molecule has 0 aromatic heterocycles. The standard InChI is InChI=1S/H4O4Si.Te/c1-5(2,3)4;/h1-4H;. The second kappa shape index (κ2) is 2.93. The van der Waals surface area contributed by atoms with E-state index in [2.05, 4.69) is 0 Å². The predicted octanol–water partition coefficient (Wildman–Crippen LogP) is -2.99. The quantitative estimate of drug-likeness (QED) is 0.330. The van der Waals surface area contributed by atoms with Crippen LogP contribution in [0.1, 0.15) is 0 Å². The van der Waals surface area contributed by atoms with Crippen molar-refractivity contribution < 1.29 is 19.2 Å². The third-order valence-electron chi connectivity index (χ3n) is 0. The maximum absolute atomic E-state index is 7.33. The predicted molar refractivity (Wildman–Crippen MR) is 20.4 cm³/mol. The van der Waals surface area contributed by atoms with E-state index < -0.39 is 9.05 Å². The van der Waals surface area contributed by atoms with E-state index in [0.717, 1.165) is 0 Å². The third kappa shape index (κ3) is 100. The fraction of sp³-hybridized carbons (Fsp3) is 0. The molecule has 4 N–H and O–H groups in total. The molecule has 0 aliphatic rings. The van der Waals surface area contributed by atoms with E-state index in [4.69, 9.17) is 19.2 Å². The molecule has 0 aliphatic carbocycles. The molecule has 0 atom stereocenters. The summed E-state index contributed by atoms with van der Waals surface area (Å²) in [5, 5.41) is 0. The van der Waals surface area contributed by atoms with E-state index in [1.54, 1.807) is 0 Å². The minimum absolute atomic E-state index is 0. The fourth-order valence-corrected chi connectivity index (χ4v) is 0. The van der Waals surface area contributed by atoms with Crippen LogP contribution in [-0.4, -0.2) is 51.9 Å². The van der Waals surface area contributed by atoms with Crippen LogP contribution in [0.3, 0.4) is 0 Å². The summed E-state index contributed by atoms with van der Waals surface area (Å²) in [5.41, 5.74) is 0. The van der Waals surface area contributed by atoms with Gasteiger partial charge in [-0.1, -0.05) is 0 Å². The SMILES string of the molecule is O[Si](O)(O)O.[Te]. The van der Waals surface area contributed by atoms with Crippen LogP contribution in [-0.2, 0) is 0 Å². The summed E-state index contributed by atoms with van der Waals surface area (Å²) >= 11 is 0. The second-order valence-electron chi connectivity index (χ2n) is 0.600. The molecule has 0 amide bonds. The third-order valence-corrected chi connectivity index (χ3v) is 0. The summed E-state index contributed by atoms with van der Waals surface area (Å²) in [5.74, 6) is 0. The number of rotatable bonds is 0. The molecular formula is H4O4SiTe. The van der Waals surface area contributed by atoms with Gasteiger partial charge in [0.2, 0.25) is 0 Å². The molecule has 0 saturated heterocycles. The van der Waals surface area contributed by atoms with Crippen LogP contribution in [0.15, 0.2) is 0 Å². The average Bonchev–Trinajstić information content (AvgIpc) is 0.722. The Hall–Kier alpha value is 0.846. The maximum Gasteiger partial charge on any atom is 0.668 e. The van der Waals surface area contributed by atoms with Crippen LogP contribution >= 0.6 is 0 Å². The van der Waals surface area contributed by atoms with Gasteiger partial charge in [0, 0.05) is 23.7 Å². The van der Waals surface area contributed by atoms with Crippen molar-refractivity contribution in [2.45, 2.75) is 0 Å². The van der Waals surface area contributed by atoms with Gasteiger partial charge in [-0.3, -0.25) is 0 Å². The monoisotopic (exact) mass is 226 g/mol. The molecule has 4 nitrogen and oxygen atoms in total. The summed E-state index contributed by atoms with van der Waals surface area (Å²) in [6.45, 7) is 0.